The Morgan fingerprint density at radius 2 is 1.71 bits per heavy atom. The fourth-order valence-electron chi connectivity index (χ4n) is 5.06. The van der Waals surface area contributed by atoms with Gasteiger partial charge in [-0.1, -0.05) is 32.0 Å². The van der Waals surface area contributed by atoms with Crippen molar-refractivity contribution in [2.75, 3.05) is 26.7 Å². The van der Waals surface area contributed by atoms with Gasteiger partial charge >= 0.3 is 0 Å². The zero-order valence-corrected chi connectivity index (χ0v) is 17.8. The van der Waals surface area contributed by atoms with Gasteiger partial charge in [-0.15, -0.1) is 0 Å². The molecule has 1 amide bonds. The van der Waals surface area contributed by atoms with Crippen LogP contribution < -0.4 is 0 Å². The van der Waals surface area contributed by atoms with Crippen LogP contribution >= 0.6 is 0 Å². The third kappa shape index (κ3) is 4.28. The van der Waals surface area contributed by atoms with Crippen molar-refractivity contribution in [3.8, 4) is 0 Å². The van der Waals surface area contributed by atoms with Gasteiger partial charge in [0, 0.05) is 11.6 Å². The third-order valence-electron chi connectivity index (χ3n) is 7.06. The van der Waals surface area contributed by atoms with E-state index >= 15 is 0 Å². The van der Waals surface area contributed by atoms with Crippen LogP contribution in [0.25, 0.3) is 0 Å². The number of carbonyl (C=O) groups is 1. The molecule has 0 radical (unpaired) electrons. The topological polar surface area (TPSA) is 32.8 Å². The van der Waals surface area contributed by atoms with Gasteiger partial charge in [-0.2, -0.15) is 0 Å². The Morgan fingerprint density at radius 1 is 1.11 bits per heavy atom. The lowest BCUT2D eigenvalue weighted by Gasteiger charge is -2.51. The standard InChI is InChI=1S/C24H36N2O2/c1-19(2)11-16-25(3)21-9-12-23(13-10-21)17-26(18-24(28-23)14-15-24)22(27)20-7-5-4-6-8-20/h4-8,19,21H,9-18H2,1-3H3. The minimum Gasteiger partial charge on any atom is -0.365 e. The van der Waals surface area contributed by atoms with Gasteiger partial charge in [-0.05, 0) is 76.6 Å². The Bertz CT molecular complexity index is 675. The predicted molar refractivity (Wildman–Crippen MR) is 112 cm³/mol. The summed E-state index contributed by atoms with van der Waals surface area (Å²) in [5, 5.41) is 0. The van der Waals surface area contributed by atoms with Crippen molar-refractivity contribution >= 4 is 5.91 Å². The number of rotatable bonds is 5. The molecule has 1 aromatic rings. The lowest BCUT2D eigenvalue weighted by atomic mass is 9.79. The number of morpholine rings is 1. The van der Waals surface area contributed by atoms with Crippen molar-refractivity contribution in [3.63, 3.8) is 0 Å². The van der Waals surface area contributed by atoms with E-state index in [4.69, 9.17) is 4.74 Å². The molecule has 1 heterocycles. The number of ether oxygens (including phenoxy) is 1. The molecule has 0 aromatic heterocycles. The molecule has 4 rings (SSSR count). The molecule has 0 bridgehead atoms. The molecule has 1 saturated heterocycles. The highest BCUT2D eigenvalue weighted by Gasteiger charge is 2.56. The fraction of sp³-hybridized carbons (Fsp3) is 0.708. The van der Waals surface area contributed by atoms with Crippen molar-refractivity contribution in [2.24, 2.45) is 5.92 Å². The largest absolute Gasteiger partial charge is 0.365 e. The first-order chi connectivity index (χ1) is 13.4. The fourth-order valence-corrected chi connectivity index (χ4v) is 5.06. The van der Waals surface area contributed by atoms with Gasteiger partial charge in [0.05, 0.1) is 24.3 Å². The molecule has 28 heavy (non-hydrogen) atoms. The summed E-state index contributed by atoms with van der Waals surface area (Å²) in [6.07, 6.45) is 7.97. The smallest absolute Gasteiger partial charge is 0.254 e. The van der Waals surface area contributed by atoms with Gasteiger partial charge in [-0.25, -0.2) is 0 Å². The monoisotopic (exact) mass is 384 g/mol. The van der Waals surface area contributed by atoms with Crippen LogP contribution in [0.5, 0.6) is 0 Å². The van der Waals surface area contributed by atoms with E-state index in [1.54, 1.807) is 0 Å². The van der Waals surface area contributed by atoms with Gasteiger partial charge in [0.2, 0.25) is 0 Å². The Morgan fingerprint density at radius 3 is 2.29 bits per heavy atom. The average Bonchev–Trinajstić information content (AvgIpc) is 3.44. The molecule has 0 unspecified atom stereocenters. The Labute approximate surface area is 170 Å². The van der Waals surface area contributed by atoms with Crippen LogP contribution in [0.3, 0.4) is 0 Å². The van der Waals surface area contributed by atoms with Crippen LogP contribution in [-0.4, -0.2) is 59.6 Å². The van der Waals surface area contributed by atoms with Crippen molar-refractivity contribution in [1.29, 1.82) is 0 Å². The van der Waals surface area contributed by atoms with Crippen LogP contribution in [0.2, 0.25) is 0 Å². The average molecular weight is 385 g/mol. The van der Waals surface area contributed by atoms with E-state index in [-0.39, 0.29) is 17.1 Å². The molecular weight excluding hydrogens is 348 g/mol. The van der Waals surface area contributed by atoms with E-state index in [0.717, 1.165) is 50.3 Å². The summed E-state index contributed by atoms with van der Waals surface area (Å²) < 4.78 is 6.74. The summed E-state index contributed by atoms with van der Waals surface area (Å²) in [5.74, 6) is 0.928. The number of benzene rings is 1. The number of carbonyl (C=O) groups excluding carboxylic acids is 1. The second-order valence-corrected chi connectivity index (χ2v) is 9.89. The molecule has 4 heteroatoms. The molecule has 4 nitrogen and oxygen atoms in total. The lowest BCUT2D eigenvalue weighted by molar-refractivity contribution is -0.178. The molecule has 2 saturated carbocycles. The lowest BCUT2D eigenvalue weighted by Crippen LogP contribution is -2.60. The van der Waals surface area contributed by atoms with E-state index in [1.165, 1.54) is 25.8 Å². The normalized spacial score (nSPS) is 29.0. The zero-order valence-electron chi connectivity index (χ0n) is 17.8. The maximum absolute atomic E-state index is 13.1. The van der Waals surface area contributed by atoms with E-state index < -0.39 is 0 Å². The first kappa shape index (κ1) is 19.9. The minimum absolute atomic E-state index is 0.0565. The number of nitrogens with zero attached hydrogens (tertiary/aromatic N) is 2. The van der Waals surface area contributed by atoms with Crippen LogP contribution in [0, 0.1) is 5.92 Å². The highest BCUT2D eigenvalue weighted by atomic mass is 16.5. The highest BCUT2D eigenvalue weighted by molar-refractivity contribution is 5.94. The molecule has 2 aliphatic carbocycles. The molecule has 2 spiro atoms. The molecule has 154 valence electrons. The van der Waals surface area contributed by atoms with E-state index in [2.05, 4.69) is 30.7 Å². The van der Waals surface area contributed by atoms with Gasteiger partial charge in [-0.3, -0.25) is 4.79 Å². The molecule has 0 atom stereocenters. The van der Waals surface area contributed by atoms with Crippen molar-refractivity contribution < 1.29 is 9.53 Å². The summed E-state index contributed by atoms with van der Waals surface area (Å²) in [5.41, 5.74) is 0.616. The quantitative estimate of drug-likeness (QED) is 0.757. The summed E-state index contributed by atoms with van der Waals surface area (Å²) in [6.45, 7) is 7.30. The molecule has 3 aliphatic rings. The van der Waals surface area contributed by atoms with Crippen molar-refractivity contribution in [2.45, 2.75) is 76.0 Å². The first-order valence-corrected chi connectivity index (χ1v) is 11.2. The number of hydrogen-bond acceptors (Lipinski definition) is 3. The second kappa shape index (κ2) is 7.79. The van der Waals surface area contributed by atoms with Gasteiger partial charge in [0.25, 0.3) is 5.91 Å². The van der Waals surface area contributed by atoms with Crippen molar-refractivity contribution in [1.82, 2.24) is 9.80 Å². The molecule has 0 N–H and O–H groups in total. The summed E-state index contributed by atoms with van der Waals surface area (Å²) in [7, 11) is 2.28. The number of hydrogen-bond donors (Lipinski definition) is 0. The summed E-state index contributed by atoms with van der Waals surface area (Å²) in [4.78, 5) is 17.8. The first-order valence-electron chi connectivity index (χ1n) is 11.2. The van der Waals surface area contributed by atoms with Gasteiger partial charge < -0.3 is 14.5 Å². The third-order valence-corrected chi connectivity index (χ3v) is 7.06. The maximum Gasteiger partial charge on any atom is 0.254 e. The molecular formula is C24H36N2O2. The Balaban J connectivity index is 1.41. The predicted octanol–water partition coefficient (Wildman–Crippen LogP) is 4.35. The highest BCUT2D eigenvalue weighted by Crippen LogP contribution is 2.50. The maximum atomic E-state index is 13.1. The molecule has 1 aliphatic heterocycles. The van der Waals surface area contributed by atoms with Gasteiger partial charge in [0.15, 0.2) is 0 Å². The van der Waals surface area contributed by atoms with E-state index in [0.29, 0.717) is 6.04 Å². The van der Waals surface area contributed by atoms with Crippen LogP contribution in [0.15, 0.2) is 30.3 Å². The number of amides is 1. The second-order valence-electron chi connectivity index (χ2n) is 9.89. The van der Waals surface area contributed by atoms with E-state index in [9.17, 15) is 4.79 Å². The van der Waals surface area contributed by atoms with Crippen LogP contribution in [-0.2, 0) is 4.74 Å². The molecule has 1 aromatic carbocycles. The van der Waals surface area contributed by atoms with E-state index in [1.807, 2.05) is 30.3 Å². The van der Waals surface area contributed by atoms with Gasteiger partial charge in [0.1, 0.15) is 0 Å². The Kier molecular flexibility index (Phi) is 5.54. The summed E-state index contributed by atoms with van der Waals surface area (Å²) >= 11 is 0. The van der Waals surface area contributed by atoms with Crippen LogP contribution in [0.4, 0.5) is 0 Å². The SMILES string of the molecule is CC(C)CCN(C)C1CCC2(CC1)CN(C(=O)c1ccccc1)CC1(CC1)O2. The summed E-state index contributed by atoms with van der Waals surface area (Å²) in [6, 6.07) is 10.4. The Hall–Kier alpha value is -1.39. The van der Waals surface area contributed by atoms with Crippen LogP contribution in [0.1, 0.15) is 69.2 Å². The minimum atomic E-state index is -0.130. The zero-order chi connectivity index (χ0) is 19.8. The molecule has 3 fully saturated rings. The van der Waals surface area contributed by atoms with Crippen molar-refractivity contribution in [3.05, 3.63) is 35.9 Å².